The molecule has 10 heteroatoms. The van der Waals surface area contributed by atoms with E-state index in [4.69, 9.17) is 29.2 Å². The standard InChI is InChI=1S/Al.3BHO2/c;3*2-1-3/h;3*2H. The molecular formula is H3AlB3O6. The SMILES string of the molecule is O=BO.O=BO.O=BO.[Al]. The van der Waals surface area contributed by atoms with Crippen LogP contribution in [0.1, 0.15) is 0 Å². The summed E-state index contributed by atoms with van der Waals surface area (Å²) in [4.78, 5) is 0. The van der Waals surface area contributed by atoms with E-state index in [0.29, 0.717) is 0 Å². The summed E-state index contributed by atoms with van der Waals surface area (Å²) in [6, 6.07) is 0. The molecule has 0 heterocycles. The summed E-state index contributed by atoms with van der Waals surface area (Å²) in [7, 11) is -0.750. The molecule has 0 saturated carbocycles. The van der Waals surface area contributed by atoms with Crippen LogP contribution in [0, 0.1) is 0 Å². The maximum absolute atomic E-state index is 8.36. The zero-order valence-corrected chi connectivity index (χ0v) is 6.03. The van der Waals surface area contributed by atoms with Gasteiger partial charge in [-0.2, -0.15) is 0 Å². The Morgan fingerprint density at radius 1 is 0.700 bits per heavy atom. The van der Waals surface area contributed by atoms with Crippen molar-refractivity contribution in [2.45, 2.75) is 0 Å². The molecular weight excluding hydrogens is 155 g/mol. The second-order valence-electron chi connectivity index (χ2n) is 0.316. The first kappa shape index (κ1) is 22.7. The van der Waals surface area contributed by atoms with Crippen LogP contribution in [0.3, 0.4) is 0 Å². The maximum Gasteiger partial charge on any atom is 0 e. The van der Waals surface area contributed by atoms with Crippen molar-refractivity contribution in [1.82, 2.24) is 0 Å². The molecule has 0 unspecified atom stereocenters. The van der Waals surface area contributed by atoms with E-state index in [0.717, 1.165) is 0 Å². The van der Waals surface area contributed by atoms with Crippen LogP contribution in [0.4, 0.5) is 0 Å². The molecule has 6 nitrogen and oxygen atoms in total. The molecule has 0 aromatic carbocycles. The number of hydrogen-bond acceptors (Lipinski definition) is 3. The monoisotopic (exact) mass is 159 g/mol. The number of rotatable bonds is 0. The molecule has 0 atom stereocenters. The summed E-state index contributed by atoms with van der Waals surface area (Å²) in [6.07, 6.45) is 0. The van der Waals surface area contributed by atoms with Crippen LogP contribution < -0.4 is 0 Å². The molecule has 0 fully saturated rings. The third kappa shape index (κ3) is 1440. The van der Waals surface area contributed by atoms with E-state index in [9.17, 15) is 0 Å². The Morgan fingerprint density at radius 3 is 0.700 bits per heavy atom. The molecule has 3 radical (unpaired) electrons. The largest absolute Gasteiger partial charge is 0 e. The fourth-order valence-electron chi connectivity index (χ4n) is 0. The Morgan fingerprint density at radius 2 is 0.700 bits per heavy atom. The predicted molar refractivity (Wildman–Crippen MR) is 31.7 cm³/mol. The predicted octanol–water partition coefficient (Wildman–Crippen LogP) is -3.55. The van der Waals surface area contributed by atoms with Crippen LogP contribution in [0.15, 0.2) is 0 Å². The van der Waals surface area contributed by atoms with Gasteiger partial charge in [0.15, 0.2) is 0 Å². The summed E-state index contributed by atoms with van der Waals surface area (Å²) in [5.41, 5.74) is 0. The first-order chi connectivity index (χ1) is 4.24. The smallest absolute Gasteiger partial charge is 0 e. The van der Waals surface area contributed by atoms with Crippen molar-refractivity contribution in [3.63, 3.8) is 0 Å². The minimum absolute atomic E-state index is 0. The van der Waals surface area contributed by atoms with Gasteiger partial charge in [0.05, 0.1) is 0 Å². The second-order valence-corrected chi connectivity index (χ2v) is 0.316. The van der Waals surface area contributed by atoms with Gasteiger partial charge in [0.1, 0.15) is 0 Å². The van der Waals surface area contributed by atoms with Gasteiger partial charge in [-0.25, -0.2) is 0 Å². The van der Waals surface area contributed by atoms with Crippen LogP contribution in [0.2, 0.25) is 0 Å². The molecule has 3 N–H and O–H groups in total. The first-order valence-electron chi connectivity index (χ1n) is 1.48. The third-order valence-electron chi connectivity index (χ3n) is 0. The fraction of sp³-hybridized carbons (Fsp3) is 0. The van der Waals surface area contributed by atoms with Gasteiger partial charge in [-0.15, -0.1) is 0 Å². The Labute approximate surface area is 69.2 Å². The zero-order chi connectivity index (χ0) is 8.12. The summed E-state index contributed by atoms with van der Waals surface area (Å²) in [5.74, 6) is 0. The van der Waals surface area contributed by atoms with E-state index in [-0.39, 0.29) is 39.4 Å². The van der Waals surface area contributed by atoms with Crippen LogP contribution in [-0.4, -0.2) is 54.5 Å². The molecule has 0 saturated heterocycles. The average Bonchev–Trinajstić information content (AvgIpc) is 1.70. The van der Waals surface area contributed by atoms with E-state index in [2.05, 4.69) is 0 Å². The minimum Gasteiger partial charge on any atom is 0 e. The number of hydrogen-bond donors (Lipinski definition) is 3. The average molecular weight is 158 g/mol. The van der Waals surface area contributed by atoms with E-state index < -0.39 is 0 Å². The van der Waals surface area contributed by atoms with Crippen LogP contribution in [0.25, 0.3) is 0 Å². The van der Waals surface area contributed by atoms with E-state index in [1.165, 1.54) is 0 Å². The van der Waals surface area contributed by atoms with Gasteiger partial charge in [0.25, 0.3) is 0 Å². The molecule has 0 bridgehead atoms. The van der Waals surface area contributed by atoms with Crippen LogP contribution in [-0.2, 0) is 14.1 Å². The quantitative estimate of drug-likeness (QED) is 0.315. The van der Waals surface area contributed by atoms with Gasteiger partial charge in [-0.1, -0.05) is 0 Å². The van der Waals surface area contributed by atoms with Gasteiger partial charge in [-0.05, 0) is 0 Å². The Balaban J connectivity index is -0.0000000257. The molecule has 0 aromatic heterocycles. The molecule has 0 aromatic rings. The Kier molecular flexibility index (Phi) is 172. The van der Waals surface area contributed by atoms with Crippen molar-refractivity contribution >= 4 is 39.4 Å². The summed E-state index contributed by atoms with van der Waals surface area (Å²) < 4.78 is 25.1. The van der Waals surface area contributed by atoms with Gasteiger partial charge in [0.2, 0.25) is 0 Å². The van der Waals surface area contributed by atoms with Crippen LogP contribution >= 0.6 is 0 Å². The summed E-state index contributed by atoms with van der Waals surface area (Å²) in [6.45, 7) is 0. The normalized spacial score (nSPS) is 2.40. The molecule has 10 heavy (non-hydrogen) atoms. The van der Waals surface area contributed by atoms with Gasteiger partial charge >= 0.3 is 51.2 Å². The Hall–Kier alpha value is -0.473. The first-order valence-corrected chi connectivity index (χ1v) is 1.48. The van der Waals surface area contributed by atoms with E-state index in [1.807, 2.05) is 0 Å². The van der Waals surface area contributed by atoms with Crippen molar-refractivity contribution in [3.05, 3.63) is 0 Å². The van der Waals surface area contributed by atoms with Gasteiger partial charge in [-0.3, -0.25) is 0 Å². The molecule has 0 spiro atoms. The zero-order valence-electron chi connectivity index (χ0n) is 4.88. The molecule has 0 aliphatic heterocycles. The van der Waals surface area contributed by atoms with Crippen molar-refractivity contribution in [2.75, 3.05) is 0 Å². The summed E-state index contributed by atoms with van der Waals surface area (Å²) >= 11 is 0. The maximum atomic E-state index is 8.36. The van der Waals surface area contributed by atoms with Gasteiger partial charge in [0, 0.05) is 17.4 Å². The van der Waals surface area contributed by atoms with Crippen molar-refractivity contribution in [1.29, 1.82) is 0 Å². The van der Waals surface area contributed by atoms with E-state index in [1.54, 1.807) is 0 Å². The molecule has 51 valence electrons. The third-order valence-corrected chi connectivity index (χ3v) is 0. The molecule has 0 amide bonds. The van der Waals surface area contributed by atoms with Crippen molar-refractivity contribution in [2.24, 2.45) is 0 Å². The Bertz CT molecular complexity index is 49.7. The molecule has 0 aliphatic carbocycles. The minimum atomic E-state index is -0.250. The summed E-state index contributed by atoms with van der Waals surface area (Å²) in [5, 5.41) is 20.7. The molecule has 0 aliphatic rings. The van der Waals surface area contributed by atoms with E-state index >= 15 is 0 Å². The van der Waals surface area contributed by atoms with Crippen molar-refractivity contribution in [3.8, 4) is 0 Å². The fourth-order valence-corrected chi connectivity index (χ4v) is 0. The van der Waals surface area contributed by atoms with Gasteiger partial charge < -0.3 is 0 Å². The second kappa shape index (κ2) is 75.6. The van der Waals surface area contributed by atoms with Crippen molar-refractivity contribution < 1.29 is 29.2 Å². The topological polar surface area (TPSA) is 112 Å². The van der Waals surface area contributed by atoms with Crippen LogP contribution in [0.5, 0.6) is 0 Å². The molecule has 0 rings (SSSR count).